The zero-order chi connectivity index (χ0) is 13.7. The summed E-state index contributed by atoms with van der Waals surface area (Å²) >= 11 is 0. The van der Waals surface area contributed by atoms with Crippen LogP contribution < -0.4 is 0 Å². The fourth-order valence-electron chi connectivity index (χ4n) is 2.84. The molecular formula is C11H18ClNO4S. The molecule has 2 fully saturated rings. The van der Waals surface area contributed by atoms with E-state index in [9.17, 15) is 13.2 Å². The fraction of sp³-hybridized carbons (Fsp3) is 0.909. The summed E-state index contributed by atoms with van der Waals surface area (Å²) in [6.45, 7) is 5.37. The third-order valence-corrected chi connectivity index (χ3v) is 5.36. The molecule has 7 heteroatoms. The van der Waals surface area contributed by atoms with Crippen LogP contribution in [0.1, 0.15) is 40.0 Å². The van der Waals surface area contributed by atoms with E-state index in [0.717, 1.165) is 6.42 Å². The maximum atomic E-state index is 12.1. The summed E-state index contributed by atoms with van der Waals surface area (Å²) in [5, 5.41) is -0.648. The molecule has 2 saturated heterocycles. The van der Waals surface area contributed by atoms with Crippen molar-refractivity contribution in [1.29, 1.82) is 0 Å². The van der Waals surface area contributed by atoms with Crippen LogP contribution in [0, 0.1) is 0 Å². The molecule has 0 aromatic rings. The molecule has 5 nitrogen and oxygen atoms in total. The molecule has 0 unspecified atom stereocenters. The molecule has 2 rings (SSSR count). The number of carbonyl (C=O) groups is 1. The van der Waals surface area contributed by atoms with Gasteiger partial charge in [0.1, 0.15) is 5.60 Å². The Balaban J connectivity index is 2.15. The van der Waals surface area contributed by atoms with Gasteiger partial charge in [0.15, 0.2) is 0 Å². The first-order valence-electron chi connectivity index (χ1n) is 6.04. The van der Waals surface area contributed by atoms with Crippen molar-refractivity contribution in [2.45, 2.75) is 63.0 Å². The summed E-state index contributed by atoms with van der Waals surface area (Å²) in [7, 11) is 1.81. The Morgan fingerprint density at radius 3 is 2.39 bits per heavy atom. The van der Waals surface area contributed by atoms with E-state index < -0.39 is 26.0 Å². The molecule has 2 aliphatic rings. The number of carbonyl (C=O) groups excluding carboxylic acids is 1. The molecule has 0 aliphatic carbocycles. The summed E-state index contributed by atoms with van der Waals surface area (Å²) in [5.41, 5.74) is -0.575. The Morgan fingerprint density at radius 2 is 1.94 bits per heavy atom. The van der Waals surface area contributed by atoms with Crippen LogP contribution in [-0.2, 0) is 13.8 Å². The summed E-state index contributed by atoms with van der Waals surface area (Å²) in [4.78, 5) is 13.6. The second-order valence-electron chi connectivity index (χ2n) is 5.94. The zero-order valence-corrected chi connectivity index (χ0v) is 12.3. The Morgan fingerprint density at radius 1 is 1.33 bits per heavy atom. The first-order chi connectivity index (χ1) is 8.09. The van der Waals surface area contributed by atoms with Gasteiger partial charge in [0.2, 0.25) is 9.05 Å². The molecule has 0 N–H and O–H groups in total. The molecule has 18 heavy (non-hydrogen) atoms. The number of rotatable bonds is 1. The van der Waals surface area contributed by atoms with Crippen LogP contribution in [0.2, 0.25) is 0 Å². The number of fused-ring (bicyclic) bond motifs is 2. The number of nitrogens with zero attached hydrogens (tertiary/aromatic N) is 1. The lowest BCUT2D eigenvalue weighted by Crippen LogP contribution is -2.42. The minimum Gasteiger partial charge on any atom is -0.444 e. The van der Waals surface area contributed by atoms with E-state index in [2.05, 4.69) is 0 Å². The quantitative estimate of drug-likeness (QED) is 0.695. The first kappa shape index (κ1) is 13.9. The second kappa shape index (κ2) is 4.27. The standard InChI is InChI=1S/C11H18ClNO4S/c1-11(2,3)17-10(14)13-7-4-5-8(13)9(6-7)18(12,15)16/h7-9H,4-6H2,1-3H3/t7-,8-,9-/m0/s1. The molecule has 1 amide bonds. The van der Waals surface area contributed by atoms with Crippen molar-refractivity contribution in [3.8, 4) is 0 Å². The van der Waals surface area contributed by atoms with E-state index >= 15 is 0 Å². The van der Waals surface area contributed by atoms with Crippen molar-refractivity contribution >= 4 is 25.8 Å². The van der Waals surface area contributed by atoms with Crippen molar-refractivity contribution in [1.82, 2.24) is 4.90 Å². The SMILES string of the molecule is CC(C)(C)OC(=O)N1[C@H]2CC[C@H]1[C@@H](S(=O)(=O)Cl)C2. The normalized spacial score (nSPS) is 31.8. The molecular weight excluding hydrogens is 278 g/mol. The zero-order valence-electron chi connectivity index (χ0n) is 10.7. The minimum absolute atomic E-state index is 0.0524. The van der Waals surface area contributed by atoms with Gasteiger partial charge in [-0.3, -0.25) is 0 Å². The molecule has 0 saturated carbocycles. The topological polar surface area (TPSA) is 63.7 Å². The van der Waals surface area contributed by atoms with Gasteiger partial charge in [-0.15, -0.1) is 0 Å². The fourth-order valence-corrected chi connectivity index (χ4v) is 4.50. The van der Waals surface area contributed by atoms with Gasteiger partial charge in [0, 0.05) is 16.7 Å². The van der Waals surface area contributed by atoms with Crippen molar-refractivity contribution in [3.05, 3.63) is 0 Å². The number of halogens is 1. The molecule has 0 radical (unpaired) electrons. The molecule has 0 aromatic heterocycles. The number of hydrogen-bond donors (Lipinski definition) is 0. The van der Waals surface area contributed by atoms with E-state index in [1.165, 1.54) is 0 Å². The maximum absolute atomic E-state index is 12.1. The Labute approximate surface area is 112 Å². The van der Waals surface area contributed by atoms with E-state index in [1.807, 2.05) is 0 Å². The lowest BCUT2D eigenvalue weighted by molar-refractivity contribution is 0.0218. The maximum Gasteiger partial charge on any atom is 0.410 e. The average molecular weight is 296 g/mol. The van der Waals surface area contributed by atoms with E-state index in [4.69, 9.17) is 15.4 Å². The highest BCUT2D eigenvalue weighted by Crippen LogP contribution is 2.42. The lowest BCUT2D eigenvalue weighted by Gasteiger charge is -2.27. The number of ether oxygens (including phenoxy) is 1. The Kier molecular flexibility index (Phi) is 3.30. The van der Waals surface area contributed by atoms with Crippen LogP contribution in [0.3, 0.4) is 0 Å². The molecule has 2 bridgehead atoms. The summed E-state index contributed by atoms with van der Waals surface area (Å²) in [5.74, 6) is 0. The minimum atomic E-state index is -3.62. The van der Waals surface area contributed by atoms with Gasteiger partial charge < -0.3 is 9.64 Å². The van der Waals surface area contributed by atoms with E-state index in [0.29, 0.717) is 12.8 Å². The van der Waals surface area contributed by atoms with Gasteiger partial charge >= 0.3 is 6.09 Å². The monoisotopic (exact) mass is 295 g/mol. The van der Waals surface area contributed by atoms with Crippen molar-refractivity contribution < 1.29 is 17.9 Å². The lowest BCUT2D eigenvalue weighted by atomic mass is 10.0. The van der Waals surface area contributed by atoms with Crippen molar-refractivity contribution in [3.63, 3.8) is 0 Å². The van der Waals surface area contributed by atoms with Crippen LogP contribution in [0.25, 0.3) is 0 Å². The third-order valence-electron chi connectivity index (χ3n) is 3.45. The predicted octanol–water partition coefficient (Wildman–Crippen LogP) is 2.10. The van der Waals surface area contributed by atoms with Gasteiger partial charge in [-0.25, -0.2) is 13.2 Å². The van der Waals surface area contributed by atoms with Crippen molar-refractivity contribution in [2.75, 3.05) is 0 Å². The Bertz CT molecular complexity index is 456. The highest BCUT2D eigenvalue weighted by atomic mass is 35.7. The van der Waals surface area contributed by atoms with Crippen LogP contribution in [0.5, 0.6) is 0 Å². The van der Waals surface area contributed by atoms with Gasteiger partial charge in [0.25, 0.3) is 0 Å². The van der Waals surface area contributed by atoms with Crippen molar-refractivity contribution in [2.24, 2.45) is 0 Å². The largest absolute Gasteiger partial charge is 0.444 e. The van der Waals surface area contributed by atoms with Crippen LogP contribution in [0.15, 0.2) is 0 Å². The molecule has 0 spiro atoms. The molecule has 0 aromatic carbocycles. The van der Waals surface area contributed by atoms with Crippen LogP contribution >= 0.6 is 10.7 Å². The highest BCUT2D eigenvalue weighted by molar-refractivity contribution is 8.14. The number of amides is 1. The van der Waals surface area contributed by atoms with Crippen LogP contribution in [-0.4, -0.2) is 42.3 Å². The highest BCUT2D eigenvalue weighted by Gasteiger charge is 2.54. The Hall–Kier alpha value is -0.490. The molecule has 2 aliphatic heterocycles. The first-order valence-corrected chi connectivity index (χ1v) is 8.41. The van der Waals surface area contributed by atoms with Gasteiger partial charge in [-0.2, -0.15) is 0 Å². The van der Waals surface area contributed by atoms with Gasteiger partial charge in [-0.05, 0) is 40.0 Å². The third kappa shape index (κ3) is 2.59. The van der Waals surface area contributed by atoms with Gasteiger partial charge in [0.05, 0.1) is 11.3 Å². The predicted molar refractivity (Wildman–Crippen MR) is 68.1 cm³/mol. The average Bonchev–Trinajstić information content (AvgIpc) is 2.69. The van der Waals surface area contributed by atoms with Crippen LogP contribution in [0.4, 0.5) is 4.79 Å². The molecule has 2 heterocycles. The summed E-state index contributed by atoms with van der Waals surface area (Å²) in [6, 6.07) is -0.379. The smallest absolute Gasteiger partial charge is 0.410 e. The van der Waals surface area contributed by atoms with Gasteiger partial charge in [-0.1, -0.05) is 0 Å². The summed E-state index contributed by atoms with van der Waals surface area (Å²) in [6.07, 6.45) is 1.50. The second-order valence-corrected chi connectivity index (χ2v) is 8.78. The number of hydrogen-bond acceptors (Lipinski definition) is 4. The molecule has 104 valence electrons. The molecule has 3 atom stereocenters. The van der Waals surface area contributed by atoms with E-state index in [-0.39, 0.29) is 12.1 Å². The summed E-state index contributed by atoms with van der Waals surface area (Å²) < 4.78 is 28.2. The van der Waals surface area contributed by atoms with E-state index in [1.54, 1.807) is 25.7 Å².